The Morgan fingerprint density at radius 3 is 2.87 bits per heavy atom. The fourth-order valence-electron chi connectivity index (χ4n) is 1.06. The number of hydrogen-bond acceptors (Lipinski definition) is 4. The van der Waals surface area contributed by atoms with E-state index in [4.69, 9.17) is 0 Å². The van der Waals surface area contributed by atoms with Crippen molar-refractivity contribution in [3.8, 4) is 0 Å². The van der Waals surface area contributed by atoms with E-state index < -0.39 is 0 Å². The largest absolute Gasteiger partial charge is 0.348 e. The lowest BCUT2D eigenvalue weighted by atomic mass is 10.4. The van der Waals surface area contributed by atoms with Gasteiger partial charge in [-0.25, -0.2) is 9.97 Å². The molecule has 0 saturated heterocycles. The smallest absolute Gasteiger partial charge is 0.236 e. The summed E-state index contributed by atoms with van der Waals surface area (Å²) in [6, 6.07) is 1.83. The highest BCUT2D eigenvalue weighted by Gasteiger charge is 2.02. The van der Waals surface area contributed by atoms with E-state index in [1.807, 2.05) is 13.0 Å². The molecule has 0 fully saturated rings. The molecular formula is C10H16N4O. The van der Waals surface area contributed by atoms with Gasteiger partial charge in [-0.1, -0.05) is 0 Å². The summed E-state index contributed by atoms with van der Waals surface area (Å²) >= 11 is 0. The van der Waals surface area contributed by atoms with Crippen molar-refractivity contribution in [3.63, 3.8) is 0 Å². The van der Waals surface area contributed by atoms with Gasteiger partial charge in [0.2, 0.25) is 5.91 Å². The number of carbonyl (C=O) groups excluding carboxylic acids is 1. The Morgan fingerprint density at radius 1 is 1.53 bits per heavy atom. The minimum Gasteiger partial charge on any atom is -0.348 e. The summed E-state index contributed by atoms with van der Waals surface area (Å²) < 4.78 is 0. The maximum atomic E-state index is 11.2. The molecule has 1 rings (SSSR count). The molecule has 0 aliphatic heterocycles. The zero-order valence-electron chi connectivity index (χ0n) is 9.32. The summed E-state index contributed by atoms with van der Waals surface area (Å²) in [7, 11) is 3.47. The van der Waals surface area contributed by atoms with Crippen LogP contribution in [0.25, 0.3) is 0 Å². The molecule has 1 aromatic heterocycles. The SMILES string of the molecule is Cc1nccc(CNCC(=O)N(C)C)n1. The van der Waals surface area contributed by atoms with Crippen LogP contribution in [0.1, 0.15) is 11.5 Å². The second-order valence-electron chi connectivity index (χ2n) is 3.49. The molecule has 0 spiro atoms. The number of rotatable bonds is 4. The van der Waals surface area contributed by atoms with E-state index in [1.165, 1.54) is 0 Å². The van der Waals surface area contributed by atoms with Crippen molar-refractivity contribution in [1.82, 2.24) is 20.2 Å². The molecule has 1 aromatic rings. The molecule has 15 heavy (non-hydrogen) atoms. The molecule has 0 aromatic carbocycles. The first-order chi connectivity index (χ1) is 7.09. The molecular weight excluding hydrogens is 192 g/mol. The van der Waals surface area contributed by atoms with Crippen LogP contribution in [0.15, 0.2) is 12.3 Å². The molecule has 1 N–H and O–H groups in total. The van der Waals surface area contributed by atoms with Crippen LogP contribution in [0.3, 0.4) is 0 Å². The fourth-order valence-corrected chi connectivity index (χ4v) is 1.06. The fraction of sp³-hybridized carbons (Fsp3) is 0.500. The maximum Gasteiger partial charge on any atom is 0.236 e. The van der Waals surface area contributed by atoms with Gasteiger partial charge in [0.1, 0.15) is 5.82 Å². The quantitative estimate of drug-likeness (QED) is 0.754. The lowest BCUT2D eigenvalue weighted by Gasteiger charge is -2.10. The zero-order chi connectivity index (χ0) is 11.3. The second-order valence-corrected chi connectivity index (χ2v) is 3.49. The van der Waals surface area contributed by atoms with Crippen molar-refractivity contribution >= 4 is 5.91 Å². The lowest BCUT2D eigenvalue weighted by Crippen LogP contribution is -2.32. The normalized spacial score (nSPS) is 10.1. The van der Waals surface area contributed by atoms with Gasteiger partial charge in [0.15, 0.2) is 0 Å². The Hall–Kier alpha value is -1.49. The molecule has 1 heterocycles. The Balaban J connectivity index is 2.35. The van der Waals surface area contributed by atoms with Crippen LogP contribution in [0.4, 0.5) is 0 Å². The Kier molecular flexibility index (Phi) is 4.17. The minimum atomic E-state index is 0.0563. The van der Waals surface area contributed by atoms with E-state index in [-0.39, 0.29) is 5.91 Å². The highest BCUT2D eigenvalue weighted by Crippen LogP contribution is 1.93. The number of amides is 1. The molecule has 1 amide bonds. The standard InChI is InChI=1S/C10H16N4O/c1-8-12-5-4-9(13-8)6-11-7-10(15)14(2)3/h4-5,11H,6-7H2,1-3H3. The first kappa shape index (κ1) is 11.6. The highest BCUT2D eigenvalue weighted by molar-refractivity contribution is 5.77. The van der Waals surface area contributed by atoms with Gasteiger partial charge in [0.05, 0.1) is 12.2 Å². The molecule has 5 heteroatoms. The average molecular weight is 208 g/mol. The third-order valence-electron chi connectivity index (χ3n) is 1.91. The van der Waals surface area contributed by atoms with Gasteiger partial charge < -0.3 is 10.2 Å². The van der Waals surface area contributed by atoms with Crippen molar-refractivity contribution < 1.29 is 4.79 Å². The molecule has 0 aliphatic rings. The third kappa shape index (κ3) is 4.03. The van der Waals surface area contributed by atoms with E-state index in [1.54, 1.807) is 25.2 Å². The Morgan fingerprint density at radius 2 is 2.27 bits per heavy atom. The molecule has 0 radical (unpaired) electrons. The predicted octanol–water partition coefficient (Wildman–Crippen LogP) is -0.0372. The number of nitrogens with zero attached hydrogens (tertiary/aromatic N) is 3. The number of carbonyl (C=O) groups is 1. The van der Waals surface area contributed by atoms with Crippen LogP contribution >= 0.6 is 0 Å². The number of likely N-dealkylation sites (N-methyl/N-ethyl adjacent to an activating group) is 1. The second kappa shape index (κ2) is 5.41. The van der Waals surface area contributed by atoms with E-state index in [0.717, 1.165) is 11.5 Å². The molecule has 5 nitrogen and oxygen atoms in total. The topological polar surface area (TPSA) is 58.1 Å². The van der Waals surface area contributed by atoms with E-state index >= 15 is 0 Å². The van der Waals surface area contributed by atoms with E-state index in [2.05, 4.69) is 15.3 Å². The summed E-state index contributed by atoms with van der Waals surface area (Å²) in [6.07, 6.45) is 1.72. The van der Waals surface area contributed by atoms with Gasteiger partial charge in [0, 0.05) is 26.8 Å². The van der Waals surface area contributed by atoms with Crippen LogP contribution < -0.4 is 5.32 Å². The number of aryl methyl sites for hydroxylation is 1. The predicted molar refractivity (Wildman–Crippen MR) is 57.2 cm³/mol. The van der Waals surface area contributed by atoms with Gasteiger partial charge in [-0.15, -0.1) is 0 Å². The molecule has 82 valence electrons. The van der Waals surface area contributed by atoms with Gasteiger partial charge in [-0.3, -0.25) is 4.79 Å². The highest BCUT2D eigenvalue weighted by atomic mass is 16.2. The average Bonchev–Trinajstić information content (AvgIpc) is 2.17. The summed E-state index contributed by atoms with van der Waals surface area (Å²) in [5.74, 6) is 0.800. The van der Waals surface area contributed by atoms with Crippen molar-refractivity contribution in [2.75, 3.05) is 20.6 Å². The van der Waals surface area contributed by atoms with Gasteiger partial charge in [0.25, 0.3) is 0 Å². The molecule has 0 unspecified atom stereocenters. The van der Waals surface area contributed by atoms with Crippen molar-refractivity contribution in [1.29, 1.82) is 0 Å². The first-order valence-corrected chi connectivity index (χ1v) is 4.79. The van der Waals surface area contributed by atoms with Crippen LogP contribution in [0.2, 0.25) is 0 Å². The van der Waals surface area contributed by atoms with E-state index in [0.29, 0.717) is 13.1 Å². The van der Waals surface area contributed by atoms with E-state index in [9.17, 15) is 4.79 Å². The van der Waals surface area contributed by atoms with Crippen LogP contribution in [0, 0.1) is 6.92 Å². The van der Waals surface area contributed by atoms with Crippen LogP contribution in [-0.4, -0.2) is 41.4 Å². The Bertz CT molecular complexity index is 338. The first-order valence-electron chi connectivity index (χ1n) is 4.79. The molecule has 0 aliphatic carbocycles. The van der Waals surface area contributed by atoms with Crippen LogP contribution in [0.5, 0.6) is 0 Å². The van der Waals surface area contributed by atoms with Gasteiger partial charge in [-0.2, -0.15) is 0 Å². The third-order valence-corrected chi connectivity index (χ3v) is 1.91. The summed E-state index contributed by atoms with van der Waals surface area (Å²) in [6.45, 7) is 2.76. The van der Waals surface area contributed by atoms with Crippen LogP contribution in [-0.2, 0) is 11.3 Å². The summed E-state index contributed by atoms with van der Waals surface area (Å²) in [5.41, 5.74) is 0.897. The van der Waals surface area contributed by atoms with Crippen molar-refractivity contribution in [2.24, 2.45) is 0 Å². The molecule has 0 saturated carbocycles. The van der Waals surface area contributed by atoms with Gasteiger partial charge in [-0.05, 0) is 13.0 Å². The summed E-state index contributed by atoms with van der Waals surface area (Å²) in [5, 5.41) is 3.03. The molecule has 0 atom stereocenters. The number of hydrogen-bond donors (Lipinski definition) is 1. The lowest BCUT2D eigenvalue weighted by molar-refractivity contribution is -0.127. The zero-order valence-corrected chi connectivity index (χ0v) is 9.32. The van der Waals surface area contributed by atoms with Crippen molar-refractivity contribution in [2.45, 2.75) is 13.5 Å². The Labute approximate surface area is 89.5 Å². The maximum absolute atomic E-state index is 11.2. The number of aromatic nitrogens is 2. The van der Waals surface area contributed by atoms with Gasteiger partial charge >= 0.3 is 0 Å². The summed E-state index contributed by atoms with van der Waals surface area (Å²) in [4.78, 5) is 21.0. The molecule has 0 bridgehead atoms. The van der Waals surface area contributed by atoms with Crippen molar-refractivity contribution in [3.05, 3.63) is 23.8 Å². The number of nitrogens with one attached hydrogen (secondary N) is 1. The monoisotopic (exact) mass is 208 g/mol. The minimum absolute atomic E-state index is 0.0563.